The first-order valence-corrected chi connectivity index (χ1v) is 11.8. The van der Waals surface area contributed by atoms with Gasteiger partial charge >= 0.3 is 0 Å². The largest absolute Gasteiger partial charge is 0.339 e. The van der Waals surface area contributed by atoms with Gasteiger partial charge in [-0.1, -0.05) is 6.92 Å². The van der Waals surface area contributed by atoms with Crippen LogP contribution in [0.15, 0.2) is 30.9 Å². The van der Waals surface area contributed by atoms with Gasteiger partial charge in [0.25, 0.3) is 0 Å². The van der Waals surface area contributed by atoms with Crippen molar-refractivity contribution >= 4 is 38.6 Å². The van der Waals surface area contributed by atoms with Crippen molar-refractivity contribution in [2.45, 2.75) is 19.9 Å². The summed E-state index contributed by atoms with van der Waals surface area (Å²) in [7, 11) is -3.09. The summed E-state index contributed by atoms with van der Waals surface area (Å²) in [6.07, 6.45) is 7.61. The topological polar surface area (TPSA) is 109 Å². The van der Waals surface area contributed by atoms with Crippen molar-refractivity contribution in [1.82, 2.24) is 28.8 Å². The van der Waals surface area contributed by atoms with E-state index in [9.17, 15) is 8.42 Å². The number of nitrogens with one attached hydrogen (secondary N) is 1. The van der Waals surface area contributed by atoms with Gasteiger partial charge in [0.15, 0.2) is 0 Å². The molecule has 2 aliphatic heterocycles. The minimum atomic E-state index is -3.09. The van der Waals surface area contributed by atoms with Gasteiger partial charge in [-0.2, -0.15) is 4.98 Å². The Morgan fingerprint density at radius 1 is 1.13 bits per heavy atom. The molecule has 3 aromatic rings. The molecule has 0 bridgehead atoms. The van der Waals surface area contributed by atoms with Crippen LogP contribution < -0.4 is 10.2 Å². The van der Waals surface area contributed by atoms with Gasteiger partial charge in [0, 0.05) is 50.4 Å². The summed E-state index contributed by atoms with van der Waals surface area (Å²) in [6.45, 7) is 5.74. The van der Waals surface area contributed by atoms with Gasteiger partial charge in [-0.15, -0.1) is 0 Å². The molecular formula is C19H24N8O2S. The third-order valence-electron chi connectivity index (χ3n) is 5.70. The number of aromatic nitrogens is 5. The van der Waals surface area contributed by atoms with Crippen LogP contribution in [-0.2, 0) is 16.6 Å². The molecule has 2 aliphatic rings. The first-order valence-electron chi connectivity index (χ1n) is 9.96. The summed E-state index contributed by atoms with van der Waals surface area (Å²) in [5, 5.41) is 3.26. The fraction of sp³-hybridized carbons (Fsp3) is 0.474. The van der Waals surface area contributed by atoms with Crippen LogP contribution in [0.25, 0.3) is 11.0 Å². The highest BCUT2D eigenvalue weighted by molar-refractivity contribution is 7.88. The van der Waals surface area contributed by atoms with Gasteiger partial charge in [0.2, 0.25) is 16.0 Å². The fourth-order valence-corrected chi connectivity index (χ4v) is 5.21. The van der Waals surface area contributed by atoms with Gasteiger partial charge in [0.1, 0.15) is 17.2 Å². The van der Waals surface area contributed by atoms with Crippen LogP contribution in [0.4, 0.5) is 17.6 Å². The first-order chi connectivity index (χ1) is 14.4. The molecule has 0 atom stereocenters. The zero-order chi connectivity index (χ0) is 20.9. The van der Waals surface area contributed by atoms with Crippen LogP contribution in [0, 0.1) is 5.41 Å². The Labute approximate surface area is 175 Å². The molecule has 0 radical (unpaired) electrons. The summed E-state index contributed by atoms with van der Waals surface area (Å²) in [5.74, 6) is 2.01. The molecule has 5 heterocycles. The highest BCUT2D eigenvalue weighted by Crippen LogP contribution is 2.42. The Hall–Kier alpha value is -2.79. The second-order valence-corrected chi connectivity index (χ2v) is 10.2. The second kappa shape index (κ2) is 6.88. The number of pyridine rings is 1. The molecule has 0 aromatic carbocycles. The maximum absolute atomic E-state index is 11.6. The molecule has 158 valence electrons. The van der Waals surface area contributed by atoms with Crippen LogP contribution in [0.1, 0.15) is 13.3 Å². The number of sulfonamides is 1. The van der Waals surface area contributed by atoms with Crippen molar-refractivity contribution in [3.8, 4) is 0 Å². The summed E-state index contributed by atoms with van der Waals surface area (Å²) in [4.78, 5) is 19.9. The molecule has 10 nitrogen and oxygen atoms in total. The highest BCUT2D eigenvalue weighted by atomic mass is 32.2. The Kier molecular flexibility index (Phi) is 4.40. The van der Waals surface area contributed by atoms with E-state index in [4.69, 9.17) is 0 Å². The molecular weight excluding hydrogens is 404 g/mol. The zero-order valence-electron chi connectivity index (χ0n) is 17.0. The van der Waals surface area contributed by atoms with Crippen molar-refractivity contribution < 1.29 is 8.42 Å². The molecule has 11 heteroatoms. The van der Waals surface area contributed by atoms with Crippen molar-refractivity contribution in [3.63, 3.8) is 0 Å². The number of aryl methyl sites for hydroxylation is 1. The Morgan fingerprint density at radius 2 is 1.93 bits per heavy atom. The molecule has 2 saturated heterocycles. The molecule has 0 saturated carbocycles. The van der Waals surface area contributed by atoms with Gasteiger partial charge in [-0.3, -0.25) is 0 Å². The molecule has 0 aliphatic carbocycles. The lowest BCUT2D eigenvalue weighted by molar-refractivity contribution is 0.0390. The quantitative estimate of drug-likeness (QED) is 0.628. The van der Waals surface area contributed by atoms with Gasteiger partial charge < -0.3 is 14.8 Å². The maximum Gasteiger partial charge on any atom is 0.227 e. The SMILES string of the molecule is CCCn1cnc2cnc(Nc3ccnc(N4CC5(C4)CN(S(C)(=O)=O)C5)n3)cc21. The first kappa shape index (κ1) is 19.2. The summed E-state index contributed by atoms with van der Waals surface area (Å²) in [5.41, 5.74) is 1.95. The maximum atomic E-state index is 11.6. The van der Waals surface area contributed by atoms with Crippen molar-refractivity contribution in [3.05, 3.63) is 30.9 Å². The number of nitrogens with zero attached hydrogens (tertiary/aromatic N) is 7. The lowest BCUT2D eigenvalue weighted by Crippen LogP contribution is -2.73. The van der Waals surface area contributed by atoms with E-state index in [-0.39, 0.29) is 5.41 Å². The zero-order valence-corrected chi connectivity index (χ0v) is 17.8. The fourth-order valence-electron chi connectivity index (χ4n) is 4.19. The van der Waals surface area contributed by atoms with Gasteiger partial charge in [0.05, 0.1) is 24.3 Å². The Balaban J connectivity index is 1.27. The predicted molar refractivity (Wildman–Crippen MR) is 114 cm³/mol. The number of hydrogen-bond donors (Lipinski definition) is 1. The minimum Gasteiger partial charge on any atom is -0.339 e. The third kappa shape index (κ3) is 3.37. The third-order valence-corrected chi connectivity index (χ3v) is 6.90. The number of imidazole rings is 1. The molecule has 1 N–H and O–H groups in total. The lowest BCUT2D eigenvalue weighted by atomic mass is 9.74. The molecule has 2 fully saturated rings. The van der Waals surface area contributed by atoms with Gasteiger partial charge in [-0.25, -0.2) is 27.7 Å². The Bertz CT molecular complexity index is 1190. The monoisotopic (exact) mass is 428 g/mol. The van der Waals surface area contributed by atoms with Crippen molar-refractivity contribution in [2.24, 2.45) is 5.41 Å². The minimum absolute atomic E-state index is 0.0418. The summed E-state index contributed by atoms with van der Waals surface area (Å²) >= 11 is 0. The molecule has 30 heavy (non-hydrogen) atoms. The van der Waals surface area contributed by atoms with E-state index in [1.807, 2.05) is 18.5 Å². The normalized spacial score (nSPS) is 18.4. The van der Waals surface area contributed by atoms with E-state index >= 15 is 0 Å². The van der Waals surface area contributed by atoms with E-state index in [1.54, 1.807) is 12.4 Å². The summed E-state index contributed by atoms with van der Waals surface area (Å²) < 4.78 is 26.8. The van der Waals surface area contributed by atoms with Crippen LogP contribution in [-0.4, -0.2) is 69.7 Å². The summed E-state index contributed by atoms with van der Waals surface area (Å²) in [6, 6.07) is 3.79. The van der Waals surface area contributed by atoms with E-state index in [1.165, 1.54) is 10.6 Å². The number of hydrogen-bond acceptors (Lipinski definition) is 8. The highest BCUT2D eigenvalue weighted by Gasteiger charge is 2.54. The lowest BCUT2D eigenvalue weighted by Gasteiger charge is -2.59. The molecule has 0 amide bonds. The van der Waals surface area contributed by atoms with E-state index < -0.39 is 10.0 Å². The molecule has 0 unspecified atom stereocenters. The standard InChI is InChI=1S/C19H24N8O2S/c1-3-6-25-13-22-14-8-21-17(7-15(14)25)23-16-4-5-20-18(24-16)26-9-19(10-26)11-27(12-19)30(2,28)29/h4-5,7-8,13H,3,6,9-12H2,1-2H3,(H,20,21,23,24). The predicted octanol–water partition coefficient (Wildman–Crippen LogP) is 1.46. The number of rotatable bonds is 6. The smallest absolute Gasteiger partial charge is 0.227 e. The van der Waals surface area contributed by atoms with Crippen LogP contribution in [0.2, 0.25) is 0 Å². The average Bonchev–Trinajstić information content (AvgIpc) is 3.01. The average molecular weight is 429 g/mol. The van der Waals surface area contributed by atoms with Crippen molar-refractivity contribution in [1.29, 1.82) is 0 Å². The Morgan fingerprint density at radius 3 is 2.67 bits per heavy atom. The second-order valence-electron chi connectivity index (χ2n) is 8.25. The van der Waals surface area contributed by atoms with E-state index in [0.29, 0.717) is 30.7 Å². The van der Waals surface area contributed by atoms with E-state index in [0.717, 1.165) is 37.1 Å². The van der Waals surface area contributed by atoms with Crippen LogP contribution >= 0.6 is 0 Å². The van der Waals surface area contributed by atoms with Crippen LogP contribution in [0.3, 0.4) is 0 Å². The molecule has 5 rings (SSSR count). The molecule has 3 aromatic heterocycles. The van der Waals surface area contributed by atoms with Crippen molar-refractivity contribution in [2.75, 3.05) is 42.7 Å². The van der Waals surface area contributed by atoms with E-state index in [2.05, 4.69) is 41.6 Å². The van der Waals surface area contributed by atoms with Gasteiger partial charge in [-0.05, 0) is 12.5 Å². The van der Waals surface area contributed by atoms with Crippen LogP contribution in [0.5, 0.6) is 0 Å². The molecule has 1 spiro atoms. The number of fused-ring (bicyclic) bond motifs is 1. The number of anilines is 3.